The maximum Gasteiger partial charge on any atom is 0.271 e. The maximum absolute atomic E-state index is 12.1. The van der Waals surface area contributed by atoms with Crippen molar-refractivity contribution in [1.82, 2.24) is 5.43 Å². The zero-order chi connectivity index (χ0) is 18.2. The molecule has 0 heterocycles. The van der Waals surface area contributed by atoms with Gasteiger partial charge in [-0.2, -0.15) is 5.10 Å². The highest BCUT2D eigenvalue weighted by molar-refractivity contribution is 14.1. The molecule has 0 saturated carbocycles. The summed E-state index contributed by atoms with van der Waals surface area (Å²) in [6.07, 6.45) is 1.59. The fourth-order valence-electron chi connectivity index (χ4n) is 2.28. The molecule has 0 bridgehead atoms. The molecule has 1 N–H and O–H groups in total. The minimum atomic E-state index is -0.250. The van der Waals surface area contributed by atoms with Gasteiger partial charge in [0.1, 0.15) is 12.4 Å². The first-order chi connectivity index (χ1) is 12.7. The zero-order valence-electron chi connectivity index (χ0n) is 13.9. The van der Waals surface area contributed by atoms with Crippen LogP contribution in [0.5, 0.6) is 5.75 Å². The predicted molar refractivity (Wildman–Crippen MR) is 111 cm³/mol. The van der Waals surface area contributed by atoms with Crippen molar-refractivity contribution in [2.45, 2.75) is 6.61 Å². The number of carbonyl (C=O) groups excluding carboxylic acids is 1. The average Bonchev–Trinajstić information content (AvgIpc) is 2.68. The summed E-state index contributed by atoms with van der Waals surface area (Å²) in [5.74, 6) is 0.462. The van der Waals surface area contributed by atoms with E-state index in [1.165, 1.54) is 0 Å². The van der Waals surface area contributed by atoms with Gasteiger partial charge in [0, 0.05) is 14.7 Å². The standard InChI is InChI=1S/C21H17IN2O2/c22-19-12-10-17(11-13-19)21(25)24-23-14-18-8-4-5-9-20(18)26-15-16-6-2-1-3-7-16/h1-14H,15H2,(H,24,25)/b23-14-. The Hall–Kier alpha value is -2.67. The molecule has 3 rings (SSSR count). The van der Waals surface area contributed by atoms with E-state index in [1.54, 1.807) is 18.3 Å². The van der Waals surface area contributed by atoms with Gasteiger partial charge < -0.3 is 4.74 Å². The number of hydrogen-bond donors (Lipinski definition) is 1. The molecule has 130 valence electrons. The molecule has 0 aliphatic carbocycles. The summed E-state index contributed by atoms with van der Waals surface area (Å²) in [7, 11) is 0. The molecule has 26 heavy (non-hydrogen) atoms. The van der Waals surface area contributed by atoms with Gasteiger partial charge in [-0.15, -0.1) is 0 Å². The van der Waals surface area contributed by atoms with Crippen LogP contribution >= 0.6 is 22.6 Å². The Morgan fingerprint density at radius 2 is 1.65 bits per heavy atom. The molecule has 0 saturated heterocycles. The van der Waals surface area contributed by atoms with Gasteiger partial charge in [-0.1, -0.05) is 42.5 Å². The van der Waals surface area contributed by atoms with Crippen molar-refractivity contribution >= 4 is 34.7 Å². The van der Waals surface area contributed by atoms with E-state index in [0.717, 1.165) is 14.7 Å². The van der Waals surface area contributed by atoms with Gasteiger partial charge in [-0.25, -0.2) is 5.43 Å². The normalized spacial score (nSPS) is 10.7. The highest BCUT2D eigenvalue weighted by atomic mass is 127. The van der Waals surface area contributed by atoms with Crippen molar-refractivity contribution in [3.05, 3.63) is 99.1 Å². The van der Waals surface area contributed by atoms with Gasteiger partial charge in [0.05, 0.1) is 6.21 Å². The molecule has 0 spiro atoms. The third-order valence-electron chi connectivity index (χ3n) is 3.63. The number of nitrogens with zero attached hydrogens (tertiary/aromatic N) is 1. The van der Waals surface area contributed by atoms with E-state index in [1.807, 2.05) is 66.7 Å². The molecular weight excluding hydrogens is 439 g/mol. The molecular formula is C21H17IN2O2. The van der Waals surface area contributed by atoms with Crippen LogP contribution in [0.3, 0.4) is 0 Å². The van der Waals surface area contributed by atoms with Crippen molar-refractivity contribution in [1.29, 1.82) is 0 Å². The summed E-state index contributed by atoms with van der Waals surface area (Å²) in [4.78, 5) is 12.1. The lowest BCUT2D eigenvalue weighted by Crippen LogP contribution is -2.17. The van der Waals surface area contributed by atoms with Crippen molar-refractivity contribution in [2.24, 2.45) is 5.10 Å². The lowest BCUT2D eigenvalue weighted by Gasteiger charge is -2.09. The molecule has 0 aromatic heterocycles. The summed E-state index contributed by atoms with van der Waals surface area (Å²) in [6.45, 7) is 0.473. The minimum Gasteiger partial charge on any atom is -0.488 e. The molecule has 5 heteroatoms. The number of rotatable bonds is 6. The molecule has 3 aromatic carbocycles. The number of halogens is 1. The summed E-state index contributed by atoms with van der Waals surface area (Å²) in [5, 5.41) is 4.05. The molecule has 0 aliphatic rings. The molecule has 4 nitrogen and oxygen atoms in total. The molecule has 0 atom stereocenters. The van der Waals surface area contributed by atoms with E-state index in [2.05, 4.69) is 33.1 Å². The van der Waals surface area contributed by atoms with Crippen LogP contribution in [0.25, 0.3) is 0 Å². The van der Waals surface area contributed by atoms with E-state index in [9.17, 15) is 4.79 Å². The second-order valence-corrected chi connectivity index (χ2v) is 6.76. The molecule has 0 radical (unpaired) electrons. The first kappa shape index (κ1) is 18.1. The van der Waals surface area contributed by atoms with E-state index in [0.29, 0.717) is 17.9 Å². The highest BCUT2D eigenvalue weighted by Crippen LogP contribution is 2.17. The Kier molecular flexibility index (Phi) is 6.38. The molecule has 3 aromatic rings. The van der Waals surface area contributed by atoms with E-state index < -0.39 is 0 Å². The average molecular weight is 456 g/mol. The molecule has 0 aliphatic heterocycles. The van der Waals surface area contributed by atoms with Gasteiger partial charge in [0.15, 0.2) is 0 Å². The summed E-state index contributed by atoms with van der Waals surface area (Å²) < 4.78 is 6.95. The minimum absolute atomic E-state index is 0.250. The van der Waals surface area contributed by atoms with E-state index in [-0.39, 0.29) is 5.91 Å². The van der Waals surface area contributed by atoms with Crippen LogP contribution in [0.4, 0.5) is 0 Å². The third-order valence-corrected chi connectivity index (χ3v) is 4.35. The lowest BCUT2D eigenvalue weighted by atomic mass is 10.2. The van der Waals surface area contributed by atoms with Gasteiger partial charge >= 0.3 is 0 Å². The Morgan fingerprint density at radius 3 is 2.42 bits per heavy atom. The largest absolute Gasteiger partial charge is 0.488 e. The van der Waals surface area contributed by atoms with Crippen LogP contribution in [0.2, 0.25) is 0 Å². The van der Waals surface area contributed by atoms with E-state index >= 15 is 0 Å². The van der Waals surface area contributed by atoms with Crippen LogP contribution in [-0.4, -0.2) is 12.1 Å². The van der Waals surface area contributed by atoms with Gasteiger partial charge in [0.25, 0.3) is 5.91 Å². The Bertz CT molecular complexity index is 893. The van der Waals surface area contributed by atoms with Crippen LogP contribution in [0.1, 0.15) is 21.5 Å². The summed E-state index contributed by atoms with van der Waals surface area (Å²) in [6, 6.07) is 24.8. The number of amides is 1. The number of carbonyl (C=O) groups is 1. The first-order valence-electron chi connectivity index (χ1n) is 8.07. The maximum atomic E-state index is 12.1. The van der Waals surface area contributed by atoms with Crippen LogP contribution in [-0.2, 0) is 6.61 Å². The van der Waals surface area contributed by atoms with Crippen molar-refractivity contribution < 1.29 is 9.53 Å². The molecule has 1 amide bonds. The second kappa shape index (κ2) is 9.15. The quantitative estimate of drug-likeness (QED) is 0.334. The Morgan fingerprint density at radius 1 is 0.962 bits per heavy atom. The highest BCUT2D eigenvalue weighted by Gasteiger charge is 2.04. The first-order valence-corrected chi connectivity index (χ1v) is 9.15. The number of nitrogens with one attached hydrogen (secondary N) is 1. The van der Waals surface area contributed by atoms with Crippen LogP contribution < -0.4 is 10.2 Å². The fourth-order valence-corrected chi connectivity index (χ4v) is 2.64. The number of hydrogen-bond acceptors (Lipinski definition) is 3. The van der Waals surface area contributed by atoms with Crippen molar-refractivity contribution in [2.75, 3.05) is 0 Å². The van der Waals surface area contributed by atoms with Gasteiger partial charge in [-0.05, 0) is 64.6 Å². The summed E-state index contributed by atoms with van der Waals surface area (Å²) >= 11 is 2.20. The summed E-state index contributed by atoms with van der Waals surface area (Å²) in [5.41, 5.74) is 4.99. The van der Waals surface area contributed by atoms with Gasteiger partial charge in [0.2, 0.25) is 0 Å². The van der Waals surface area contributed by atoms with Gasteiger partial charge in [-0.3, -0.25) is 4.79 Å². The second-order valence-electron chi connectivity index (χ2n) is 5.52. The zero-order valence-corrected chi connectivity index (χ0v) is 16.1. The predicted octanol–water partition coefficient (Wildman–Crippen LogP) is 4.63. The van der Waals surface area contributed by atoms with E-state index in [4.69, 9.17) is 4.74 Å². The Balaban J connectivity index is 1.63. The SMILES string of the molecule is O=C(N/N=C\c1ccccc1OCc1ccccc1)c1ccc(I)cc1. The monoisotopic (exact) mass is 456 g/mol. The van der Waals surface area contributed by atoms with Crippen LogP contribution in [0, 0.1) is 3.57 Å². The number of hydrazone groups is 1. The molecule has 0 unspecified atom stereocenters. The van der Waals surface area contributed by atoms with Crippen LogP contribution in [0.15, 0.2) is 84.0 Å². The lowest BCUT2D eigenvalue weighted by molar-refractivity contribution is 0.0955. The Labute approximate surface area is 166 Å². The fraction of sp³-hybridized carbons (Fsp3) is 0.0476. The smallest absolute Gasteiger partial charge is 0.271 e. The number of ether oxygens (including phenoxy) is 1. The van der Waals surface area contributed by atoms with Crippen molar-refractivity contribution in [3.8, 4) is 5.75 Å². The number of benzene rings is 3. The molecule has 0 fully saturated rings. The third kappa shape index (κ3) is 5.16. The number of para-hydroxylation sites is 1. The topological polar surface area (TPSA) is 50.7 Å². The van der Waals surface area contributed by atoms with Crippen molar-refractivity contribution in [3.63, 3.8) is 0 Å².